The van der Waals surface area contributed by atoms with Gasteiger partial charge in [-0.3, -0.25) is 9.59 Å². The number of ether oxygens (including phenoxy) is 2. The van der Waals surface area contributed by atoms with Crippen LogP contribution >= 0.6 is 11.8 Å². The molecule has 1 unspecified atom stereocenters. The van der Waals surface area contributed by atoms with Crippen LogP contribution < -0.4 is 74.0 Å². The molecule has 1 heterocycles. The van der Waals surface area contributed by atoms with Crippen LogP contribution in [0.5, 0.6) is 0 Å². The Morgan fingerprint density at radius 1 is 1.16 bits per heavy atom. The van der Waals surface area contributed by atoms with Crippen LogP contribution in [0.1, 0.15) is 15.9 Å². The summed E-state index contributed by atoms with van der Waals surface area (Å²) in [7, 11) is 2.40. The number of esters is 2. The molecular formula is C17H13CsO6S. The van der Waals surface area contributed by atoms with Gasteiger partial charge < -0.3 is 14.6 Å². The molecule has 1 aliphatic heterocycles. The van der Waals surface area contributed by atoms with Crippen LogP contribution in [0, 0.1) is 5.92 Å². The van der Waals surface area contributed by atoms with Gasteiger partial charge in [0.1, 0.15) is 0 Å². The van der Waals surface area contributed by atoms with Crippen LogP contribution in [0.25, 0.3) is 5.76 Å². The van der Waals surface area contributed by atoms with Crippen molar-refractivity contribution in [3.8, 4) is 0 Å². The molecule has 124 valence electrons. The summed E-state index contributed by atoms with van der Waals surface area (Å²) >= 11 is 1.12. The molecule has 1 aliphatic carbocycles. The van der Waals surface area contributed by atoms with Crippen molar-refractivity contribution < 1.29 is 97.9 Å². The fourth-order valence-electron chi connectivity index (χ4n) is 2.82. The Kier molecular flexibility index (Phi) is 7.05. The molecule has 3 rings (SSSR count). The van der Waals surface area contributed by atoms with E-state index in [9.17, 15) is 19.5 Å². The van der Waals surface area contributed by atoms with E-state index < -0.39 is 29.4 Å². The standard InChI is InChI=1S/C17H14O6S.Cs/c1-22-16(20)10-7-24-15(11(10)17(21)23-2)12-13(18)8-5-3-4-6-9(8)14(12)19;/h3-6,10,18H,7H2,1-2H3;/q;+1/p-1. The van der Waals surface area contributed by atoms with Crippen molar-refractivity contribution in [3.05, 3.63) is 51.4 Å². The van der Waals surface area contributed by atoms with Crippen LogP contribution in [-0.4, -0.2) is 37.7 Å². The third-order valence-corrected chi connectivity index (χ3v) is 5.19. The largest absolute Gasteiger partial charge is 1.00 e. The van der Waals surface area contributed by atoms with Gasteiger partial charge in [-0.15, -0.1) is 11.8 Å². The molecule has 0 N–H and O–H groups in total. The van der Waals surface area contributed by atoms with Gasteiger partial charge in [0.25, 0.3) is 0 Å². The van der Waals surface area contributed by atoms with Crippen LogP contribution in [-0.2, 0) is 19.1 Å². The first-order valence-corrected chi connectivity index (χ1v) is 8.08. The number of thioether (sulfide) groups is 1. The second-order valence-corrected chi connectivity index (χ2v) is 6.23. The van der Waals surface area contributed by atoms with Crippen molar-refractivity contribution in [3.63, 3.8) is 0 Å². The van der Waals surface area contributed by atoms with Crippen molar-refractivity contribution in [1.82, 2.24) is 0 Å². The first-order chi connectivity index (χ1) is 11.5. The number of Topliss-reactive ketones (excluding diaryl/α,β-unsaturated/α-hetero) is 1. The van der Waals surface area contributed by atoms with Gasteiger partial charge in [-0.25, -0.2) is 4.79 Å². The van der Waals surface area contributed by atoms with Crippen molar-refractivity contribution in [1.29, 1.82) is 0 Å². The van der Waals surface area contributed by atoms with Gasteiger partial charge >= 0.3 is 80.8 Å². The molecule has 1 atom stereocenters. The number of ketones is 1. The number of rotatable bonds is 3. The Balaban J connectivity index is 0.00000225. The van der Waals surface area contributed by atoms with Gasteiger partial charge in [-0.05, 0) is 5.56 Å². The predicted molar refractivity (Wildman–Crippen MR) is 84.7 cm³/mol. The van der Waals surface area contributed by atoms with Gasteiger partial charge in [-0.1, -0.05) is 30.0 Å². The van der Waals surface area contributed by atoms with Gasteiger partial charge in [0.2, 0.25) is 0 Å². The molecule has 0 saturated carbocycles. The van der Waals surface area contributed by atoms with Crippen molar-refractivity contribution >= 4 is 35.2 Å². The van der Waals surface area contributed by atoms with E-state index in [4.69, 9.17) is 9.47 Å². The summed E-state index contributed by atoms with van der Waals surface area (Å²) in [4.78, 5) is 36.9. The number of benzene rings is 1. The number of carbonyl (C=O) groups excluding carboxylic acids is 3. The Bertz CT molecular complexity index is 826. The summed E-state index contributed by atoms with van der Waals surface area (Å²) in [6, 6.07) is 6.47. The van der Waals surface area contributed by atoms with Crippen molar-refractivity contribution in [2.75, 3.05) is 20.0 Å². The Morgan fingerprint density at radius 3 is 2.36 bits per heavy atom. The van der Waals surface area contributed by atoms with Crippen molar-refractivity contribution in [2.45, 2.75) is 0 Å². The molecule has 0 aromatic heterocycles. The Morgan fingerprint density at radius 2 is 1.80 bits per heavy atom. The molecule has 2 aliphatic rings. The number of hydrogen-bond acceptors (Lipinski definition) is 7. The first kappa shape index (κ1) is 20.8. The number of carbonyl (C=O) groups is 3. The third kappa shape index (κ3) is 3.53. The molecule has 25 heavy (non-hydrogen) atoms. The van der Waals surface area contributed by atoms with E-state index in [0.29, 0.717) is 11.1 Å². The maximum Gasteiger partial charge on any atom is 1.00 e. The maximum atomic E-state index is 12.6. The quantitative estimate of drug-likeness (QED) is 0.461. The monoisotopic (exact) mass is 478 g/mol. The number of fused-ring (bicyclic) bond motifs is 1. The number of methoxy groups -OCH3 is 2. The second kappa shape index (κ2) is 8.47. The molecule has 1 aromatic rings. The number of hydrogen-bond donors (Lipinski definition) is 0. The minimum Gasteiger partial charge on any atom is -0.872 e. The van der Waals surface area contributed by atoms with E-state index in [0.717, 1.165) is 11.8 Å². The maximum absolute atomic E-state index is 12.6. The summed E-state index contributed by atoms with van der Waals surface area (Å²) in [5.41, 5.74) is 0.541. The van der Waals surface area contributed by atoms with Gasteiger partial charge in [-0.2, -0.15) is 0 Å². The van der Waals surface area contributed by atoms with E-state index in [2.05, 4.69) is 0 Å². The topological polar surface area (TPSA) is 92.7 Å². The predicted octanol–water partition coefficient (Wildman–Crippen LogP) is -2.08. The minimum absolute atomic E-state index is 0. The van der Waals surface area contributed by atoms with Crippen LogP contribution in [0.2, 0.25) is 0 Å². The molecule has 0 spiro atoms. The zero-order chi connectivity index (χ0) is 17.4. The summed E-state index contributed by atoms with van der Waals surface area (Å²) in [6.07, 6.45) is 0. The second-order valence-electron chi connectivity index (χ2n) is 5.20. The van der Waals surface area contributed by atoms with E-state index in [1.807, 2.05) is 0 Å². The first-order valence-electron chi connectivity index (χ1n) is 7.10. The summed E-state index contributed by atoms with van der Waals surface area (Å²) in [6.45, 7) is 0. The smallest absolute Gasteiger partial charge is 0.872 e. The summed E-state index contributed by atoms with van der Waals surface area (Å²) < 4.78 is 9.45. The average molecular weight is 478 g/mol. The Hall–Kier alpha value is -0.488. The molecule has 0 fully saturated rings. The SMILES string of the molecule is COC(=O)C1=C(C2=C([O-])c3ccccc3C2=O)SCC1C(=O)OC.[Cs+]. The molecule has 0 saturated heterocycles. The molecule has 8 heteroatoms. The minimum atomic E-state index is -0.862. The molecule has 6 nitrogen and oxygen atoms in total. The third-order valence-electron chi connectivity index (χ3n) is 3.98. The average Bonchev–Trinajstić information content (AvgIpc) is 3.14. The van der Waals surface area contributed by atoms with Gasteiger partial charge in [0, 0.05) is 21.8 Å². The van der Waals surface area contributed by atoms with Crippen LogP contribution in [0.3, 0.4) is 0 Å². The van der Waals surface area contributed by atoms with Gasteiger partial charge in [0.05, 0.1) is 25.7 Å². The van der Waals surface area contributed by atoms with Crippen LogP contribution in [0.15, 0.2) is 40.3 Å². The Labute approximate surface area is 207 Å². The zero-order valence-electron chi connectivity index (χ0n) is 14.0. The molecular weight excluding hydrogens is 465 g/mol. The fraction of sp³-hybridized carbons (Fsp3) is 0.235. The van der Waals surface area contributed by atoms with Crippen molar-refractivity contribution in [2.24, 2.45) is 5.92 Å². The van der Waals surface area contributed by atoms with E-state index >= 15 is 0 Å². The number of allylic oxidation sites excluding steroid dienone is 1. The van der Waals surface area contributed by atoms with E-state index in [1.54, 1.807) is 24.3 Å². The van der Waals surface area contributed by atoms with E-state index in [-0.39, 0.29) is 90.7 Å². The normalized spacial score (nSPS) is 18.8. The zero-order valence-corrected chi connectivity index (χ0v) is 21.0. The summed E-state index contributed by atoms with van der Waals surface area (Å²) in [5, 5.41) is 12.6. The summed E-state index contributed by atoms with van der Waals surface area (Å²) in [5.74, 6) is -2.87. The molecule has 0 bridgehead atoms. The fourth-order valence-corrected chi connectivity index (χ4v) is 4.17. The van der Waals surface area contributed by atoms with Gasteiger partial charge in [0.15, 0.2) is 5.78 Å². The molecule has 1 aromatic carbocycles. The van der Waals surface area contributed by atoms with E-state index in [1.165, 1.54) is 14.2 Å². The molecule has 0 radical (unpaired) electrons. The van der Waals surface area contributed by atoms with Crippen LogP contribution in [0.4, 0.5) is 0 Å². The molecule has 0 amide bonds.